The third kappa shape index (κ3) is 4.95. The molecule has 110 valence electrons. The standard InChI is InChI=1S/C14H12BrFN2O2S/c15-12-7-6-11(21-12)14(20)18-17-13(19)8-3-9-1-4-10(16)5-2-9/h1-2,4-7H,3,8H2,(H,17,19)(H,18,20). The smallest absolute Gasteiger partial charge is 0.273 e. The maximum Gasteiger partial charge on any atom is 0.279 e. The number of thiophene rings is 1. The summed E-state index contributed by atoms with van der Waals surface area (Å²) in [6.07, 6.45) is 0.687. The minimum absolute atomic E-state index is 0.208. The van der Waals surface area contributed by atoms with Gasteiger partial charge in [0.2, 0.25) is 5.91 Å². The molecule has 0 saturated heterocycles. The fourth-order valence-electron chi connectivity index (χ4n) is 1.60. The number of aryl methyl sites for hydroxylation is 1. The normalized spacial score (nSPS) is 10.2. The number of hydrazine groups is 1. The van der Waals surface area contributed by atoms with Crippen LogP contribution in [0.1, 0.15) is 21.7 Å². The zero-order chi connectivity index (χ0) is 15.2. The van der Waals surface area contributed by atoms with E-state index in [1.165, 1.54) is 23.5 Å². The van der Waals surface area contributed by atoms with Gasteiger partial charge in [0.05, 0.1) is 8.66 Å². The molecule has 0 unspecified atom stereocenters. The Morgan fingerprint density at radius 3 is 2.43 bits per heavy atom. The lowest BCUT2D eigenvalue weighted by Crippen LogP contribution is -2.41. The number of hydrogen-bond donors (Lipinski definition) is 2. The van der Waals surface area contributed by atoms with Crippen LogP contribution in [0.4, 0.5) is 4.39 Å². The van der Waals surface area contributed by atoms with Gasteiger partial charge < -0.3 is 0 Å². The minimum atomic E-state index is -0.360. The summed E-state index contributed by atoms with van der Waals surface area (Å²) in [6, 6.07) is 9.38. The van der Waals surface area contributed by atoms with Crippen molar-refractivity contribution in [3.8, 4) is 0 Å². The van der Waals surface area contributed by atoms with Crippen molar-refractivity contribution in [2.24, 2.45) is 0 Å². The van der Waals surface area contributed by atoms with Crippen molar-refractivity contribution in [2.45, 2.75) is 12.8 Å². The highest BCUT2D eigenvalue weighted by Crippen LogP contribution is 2.21. The monoisotopic (exact) mass is 370 g/mol. The van der Waals surface area contributed by atoms with E-state index in [1.54, 1.807) is 24.3 Å². The minimum Gasteiger partial charge on any atom is -0.273 e. The summed E-state index contributed by atoms with van der Waals surface area (Å²) in [6.45, 7) is 0. The van der Waals surface area contributed by atoms with Crippen LogP contribution in [0.25, 0.3) is 0 Å². The lowest BCUT2D eigenvalue weighted by molar-refractivity contribution is -0.121. The summed E-state index contributed by atoms with van der Waals surface area (Å²) in [4.78, 5) is 23.8. The Hall–Kier alpha value is -1.73. The van der Waals surface area contributed by atoms with Gasteiger partial charge in [-0.05, 0) is 52.2 Å². The van der Waals surface area contributed by atoms with Gasteiger partial charge in [-0.15, -0.1) is 11.3 Å². The van der Waals surface area contributed by atoms with Gasteiger partial charge in [-0.25, -0.2) is 4.39 Å². The van der Waals surface area contributed by atoms with E-state index in [0.29, 0.717) is 11.3 Å². The van der Waals surface area contributed by atoms with Crippen LogP contribution in [-0.4, -0.2) is 11.8 Å². The molecule has 0 atom stereocenters. The summed E-state index contributed by atoms with van der Waals surface area (Å²) in [5.74, 6) is -0.971. The molecule has 7 heteroatoms. The lowest BCUT2D eigenvalue weighted by atomic mass is 10.1. The molecular formula is C14H12BrFN2O2S. The van der Waals surface area contributed by atoms with Crippen molar-refractivity contribution >= 4 is 39.1 Å². The second kappa shape index (κ2) is 7.33. The molecule has 0 aliphatic rings. The highest BCUT2D eigenvalue weighted by Gasteiger charge is 2.09. The van der Waals surface area contributed by atoms with Crippen molar-refractivity contribution in [3.05, 3.63) is 56.4 Å². The van der Waals surface area contributed by atoms with Crippen LogP contribution >= 0.6 is 27.3 Å². The second-order valence-corrected chi connectivity index (χ2v) is 6.70. The van der Waals surface area contributed by atoms with Crippen LogP contribution in [0.15, 0.2) is 40.2 Å². The third-order valence-electron chi connectivity index (χ3n) is 2.67. The zero-order valence-electron chi connectivity index (χ0n) is 10.9. The first kappa shape index (κ1) is 15.7. The quantitative estimate of drug-likeness (QED) is 0.812. The van der Waals surface area contributed by atoms with Gasteiger partial charge >= 0.3 is 0 Å². The van der Waals surface area contributed by atoms with E-state index < -0.39 is 0 Å². The van der Waals surface area contributed by atoms with Crippen molar-refractivity contribution in [1.29, 1.82) is 0 Å². The molecule has 0 fully saturated rings. The number of hydrogen-bond acceptors (Lipinski definition) is 3. The summed E-state index contributed by atoms with van der Waals surface area (Å²) in [5, 5.41) is 0. The van der Waals surface area contributed by atoms with Crippen LogP contribution in [0, 0.1) is 5.82 Å². The number of nitrogens with one attached hydrogen (secondary N) is 2. The second-order valence-electron chi connectivity index (χ2n) is 4.23. The average Bonchev–Trinajstić information content (AvgIpc) is 2.91. The molecule has 2 aromatic rings. The van der Waals surface area contributed by atoms with E-state index in [1.807, 2.05) is 0 Å². The Morgan fingerprint density at radius 1 is 1.10 bits per heavy atom. The predicted molar refractivity (Wildman–Crippen MR) is 82.3 cm³/mol. The molecular weight excluding hydrogens is 359 g/mol. The molecule has 0 saturated carbocycles. The summed E-state index contributed by atoms with van der Waals surface area (Å²) in [5.41, 5.74) is 5.56. The number of rotatable bonds is 4. The molecule has 0 aliphatic carbocycles. The van der Waals surface area contributed by atoms with Gasteiger partial charge in [-0.3, -0.25) is 20.4 Å². The molecule has 1 heterocycles. The molecule has 21 heavy (non-hydrogen) atoms. The number of carbonyl (C=O) groups excluding carboxylic acids is 2. The van der Waals surface area contributed by atoms with Gasteiger partial charge in [-0.2, -0.15) is 0 Å². The van der Waals surface area contributed by atoms with Crippen molar-refractivity contribution < 1.29 is 14.0 Å². The lowest BCUT2D eigenvalue weighted by Gasteiger charge is -2.06. The SMILES string of the molecule is O=C(CCc1ccc(F)cc1)NNC(=O)c1ccc(Br)s1. The molecule has 1 aromatic heterocycles. The number of carbonyl (C=O) groups is 2. The molecule has 1 aromatic carbocycles. The Kier molecular flexibility index (Phi) is 5.46. The molecule has 0 radical (unpaired) electrons. The fraction of sp³-hybridized carbons (Fsp3) is 0.143. The van der Waals surface area contributed by atoms with E-state index in [-0.39, 0.29) is 24.1 Å². The number of amides is 2. The van der Waals surface area contributed by atoms with Gasteiger partial charge in [-0.1, -0.05) is 12.1 Å². The van der Waals surface area contributed by atoms with Crippen molar-refractivity contribution in [1.82, 2.24) is 10.9 Å². The summed E-state index contributed by atoms with van der Waals surface area (Å²) >= 11 is 4.54. The van der Waals surface area contributed by atoms with E-state index in [4.69, 9.17) is 0 Å². The average molecular weight is 371 g/mol. The third-order valence-corrected chi connectivity index (χ3v) is 4.29. The molecule has 2 amide bonds. The fourth-order valence-corrected chi connectivity index (χ4v) is 2.88. The Bertz CT molecular complexity index is 643. The van der Waals surface area contributed by atoms with E-state index in [9.17, 15) is 14.0 Å². The molecule has 0 spiro atoms. The molecule has 0 aliphatic heterocycles. The molecule has 2 N–H and O–H groups in total. The molecule has 2 rings (SSSR count). The van der Waals surface area contributed by atoms with Crippen LogP contribution in [-0.2, 0) is 11.2 Å². The van der Waals surface area contributed by atoms with Gasteiger partial charge in [0.15, 0.2) is 0 Å². The number of benzene rings is 1. The maximum atomic E-state index is 12.7. The summed E-state index contributed by atoms with van der Waals surface area (Å²) < 4.78 is 13.6. The van der Waals surface area contributed by atoms with Crippen molar-refractivity contribution in [2.75, 3.05) is 0 Å². The maximum absolute atomic E-state index is 12.7. The first-order valence-electron chi connectivity index (χ1n) is 6.13. The van der Waals surface area contributed by atoms with Gasteiger partial charge in [0, 0.05) is 6.42 Å². The van der Waals surface area contributed by atoms with Gasteiger partial charge in [0.1, 0.15) is 5.82 Å². The van der Waals surface area contributed by atoms with Crippen LogP contribution in [0.5, 0.6) is 0 Å². The number of halogens is 2. The van der Waals surface area contributed by atoms with Gasteiger partial charge in [0.25, 0.3) is 5.91 Å². The predicted octanol–water partition coefficient (Wildman–Crippen LogP) is 3.04. The zero-order valence-corrected chi connectivity index (χ0v) is 13.3. The molecule has 0 bridgehead atoms. The highest BCUT2D eigenvalue weighted by atomic mass is 79.9. The van der Waals surface area contributed by atoms with Crippen molar-refractivity contribution in [3.63, 3.8) is 0 Å². The van der Waals surface area contributed by atoms with Crippen LogP contribution in [0.3, 0.4) is 0 Å². The Balaban J connectivity index is 1.74. The molecule has 4 nitrogen and oxygen atoms in total. The van der Waals surface area contributed by atoms with E-state index >= 15 is 0 Å². The van der Waals surface area contributed by atoms with Crippen LogP contribution in [0.2, 0.25) is 0 Å². The first-order valence-corrected chi connectivity index (χ1v) is 7.74. The topological polar surface area (TPSA) is 58.2 Å². The highest BCUT2D eigenvalue weighted by molar-refractivity contribution is 9.11. The van der Waals surface area contributed by atoms with Crippen LogP contribution < -0.4 is 10.9 Å². The Morgan fingerprint density at radius 2 is 1.81 bits per heavy atom. The summed E-state index contributed by atoms with van der Waals surface area (Å²) in [7, 11) is 0. The van der Waals surface area contributed by atoms with E-state index in [0.717, 1.165) is 9.35 Å². The van der Waals surface area contributed by atoms with E-state index in [2.05, 4.69) is 26.8 Å². The Labute approximate surface area is 133 Å². The first-order chi connectivity index (χ1) is 10.0. The largest absolute Gasteiger partial charge is 0.279 e.